The molecule has 3 aromatic rings. The van der Waals surface area contributed by atoms with Crippen molar-refractivity contribution in [3.63, 3.8) is 0 Å². The van der Waals surface area contributed by atoms with Gasteiger partial charge in [0.1, 0.15) is 18.1 Å². The van der Waals surface area contributed by atoms with Crippen LogP contribution in [0.3, 0.4) is 0 Å². The van der Waals surface area contributed by atoms with Gasteiger partial charge >= 0.3 is 0 Å². The van der Waals surface area contributed by atoms with Crippen molar-refractivity contribution in [3.05, 3.63) is 84.1 Å². The molecule has 2 heterocycles. The summed E-state index contributed by atoms with van der Waals surface area (Å²) in [4.78, 5) is 12.2. The Labute approximate surface area is 158 Å². The second kappa shape index (κ2) is 8.89. The van der Waals surface area contributed by atoms with Crippen LogP contribution in [-0.2, 0) is 26.1 Å². The molecule has 1 amide bonds. The van der Waals surface area contributed by atoms with Crippen LogP contribution in [0.1, 0.15) is 34.4 Å². The lowest BCUT2D eigenvalue weighted by Gasteiger charge is -2.08. The number of aryl methyl sites for hydroxylation is 1. The molecule has 0 radical (unpaired) electrons. The maximum Gasteiger partial charge on any atom is 0.287 e. The largest absolute Gasteiger partial charge is 0.485 e. The van der Waals surface area contributed by atoms with Gasteiger partial charge in [0.25, 0.3) is 5.91 Å². The van der Waals surface area contributed by atoms with Gasteiger partial charge in [-0.25, -0.2) is 0 Å². The second-order valence-electron chi connectivity index (χ2n) is 6.04. The smallest absolute Gasteiger partial charge is 0.287 e. The van der Waals surface area contributed by atoms with E-state index in [1.807, 2.05) is 48.1 Å². The minimum atomic E-state index is -0.266. The highest BCUT2D eigenvalue weighted by atomic mass is 16.5. The van der Waals surface area contributed by atoms with Crippen molar-refractivity contribution >= 4 is 5.91 Å². The number of nitrogens with one attached hydrogen (secondary N) is 1. The van der Waals surface area contributed by atoms with Gasteiger partial charge in [-0.05, 0) is 37.1 Å². The molecule has 3 rings (SSSR count). The van der Waals surface area contributed by atoms with Crippen molar-refractivity contribution in [1.29, 1.82) is 0 Å². The third kappa shape index (κ3) is 4.88. The Hall–Kier alpha value is -3.28. The van der Waals surface area contributed by atoms with Crippen LogP contribution in [0, 0.1) is 0 Å². The van der Waals surface area contributed by atoms with E-state index in [2.05, 4.69) is 17.0 Å². The van der Waals surface area contributed by atoms with Crippen molar-refractivity contribution in [2.75, 3.05) is 0 Å². The number of hydrogen-bond acceptors (Lipinski definition) is 4. The molecule has 0 saturated carbocycles. The molecule has 0 saturated heterocycles. The van der Waals surface area contributed by atoms with Crippen LogP contribution < -0.4 is 10.1 Å². The van der Waals surface area contributed by atoms with Crippen molar-refractivity contribution < 1.29 is 13.9 Å². The molecule has 2 aromatic heterocycles. The molecule has 0 atom stereocenters. The van der Waals surface area contributed by atoms with Crippen molar-refractivity contribution in [1.82, 2.24) is 15.1 Å². The highest BCUT2D eigenvalue weighted by Crippen LogP contribution is 2.20. The number of allylic oxidation sites excluding steroid dienone is 1. The van der Waals surface area contributed by atoms with Gasteiger partial charge in [-0.1, -0.05) is 24.3 Å². The first kappa shape index (κ1) is 18.5. The lowest BCUT2D eigenvalue weighted by atomic mass is 10.1. The Bertz CT molecular complexity index is 911. The van der Waals surface area contributed by atoms with E-state index >= 15 is 0 Å². The van der Waals surface area contributed by atoms with E-state index in [1.165, 1.54) is 0 Å². The van der Waals surface area contributed by atoms with Crippen LogP contribution in [0.2, 0.25) is 0 Å². The molecule has 6 heteroatoms. The van der Waals surface area contributed by atoms with Crippen LogP contribution in [0.25, 0.3) is 0 Å². The molecule has 27 heavy (non-hydrogen) atoms. The zero-order valence-corrected chi connectivity index (χ0v) is 15.4. The summed E-state index contributed by atoms with van der Waals surface area (Å²) in [5.74, 6) is 1.37. The second-order valence-corrected chi connectivity index (χ2v) is 6.04. The molecule has 0 aliphatic rings. The van der Waals surface area contributed by atoms with Crippen molar-refractivity contribution in [2.24, 2.45) is 0 Å². The highest BCUT2D eigenvalue weighted by molar-refractivity contribution is 5.91. The molecular weight excluding hydrogens is 342 g/mol. The Balaban J connectivity index is 1.54. The molecule has 0 aliphatic carbocycles. The fourth-order valence-corrected chi connectivity index (χ4v) is 2.64. The maximum atomic E-state index is 12.2. The fraction of sp³-hybridized carbons (Fsp3) is 0.238. The monoisotopic (exact) mass is 365 g/mol. The predicted octanol–water partition coefficient (Wildman–Crippen LogP) is 3.73. The number of ether oxygens (including phenoxy) is 1. The molecule has 1 aromatic carbocycles. The number of nitrogens with zero attached hydrogens (tertiary/aromatic N) is 2. The molecular formula is C21H23N3O3. The molecule has 140 valence electrons. The zero-order valence-electron chi connectivity index (χ0n) is 15.4. The van der Waals surface area contributed by atoms with E-state index in [0.29, 0.717) is 12.3 Å². The third-order valence-corrected chi connectivity index (χ3v) is 4.06. The first-order valence-corrected chi connectivity index (χ1v) is 8.89. The van der Waals surface area contributed by atoms with Crippen LogP contribution in [0.4, 0.5) is 0 Å². The summed E-state index contributed by atoms with van der Waals surface area (Å²) in [5, 5.41) is 7.01. The minimum Gasteiger partial charge on any atom is -0.485 e. The Morgan fingerprint density at radius 3 is 2.96 bits per heavy atom. The summed E-state index contributed by atoms with van der Waals surface area (Å²) in [5.41, 5.74) is 2.00. The molecule has 0 fully saturated rings. The number of carbonyl (C=O) groups excluding carboxylic acids is 1. The molecule has 0 bridgehead atoms. The Morgan fingerprint density at radius 2 is 2.19 bits per heavy atom. The topological polar surface area (TPSA) is 69.3 Å². The van der Waals surface area contributed by atoms with Crippen molar-refractivity contribution in [3.8, 4) is 5.75 Å². The van der Waals surface area contributed by atoms with Gasteiger partial charge in [-0.2, -0.15) is 5.10 Å². The van der Waals surface area contributed by atoms with Gasteiger partial charge in [0.05, 0.1) is 6.20 Å². The number of carbonyl (C=O) groups is 1. The minimum absolute atomic E-state index is 0.255. The number of aromatic nitrogens is 2. The molecule has 6 nitrogen and oxygen atoms in total. The van der Waals surface area contributed by atoms with Gasteiger partial charge in [0.15, 0.2) is 5.76 Å². The highest BCUT2D eigenvalue weighted by Gasteiger charge is 2.12. The number of furan rings is 1. The number of benzene rings is 1. The summed E-state index contributed by atoms with van der Waals surface area (Å²) in [7, 11) is 0. The zero-order chi connectivity index (χ0) is 19.1. The lowest BCUT2D eigenvalue weighted by molar-refractivity contribution is 0.0919. The number of hydrogen-bond donors (Lipinski definition) is 1. The average molecular weight is 365 g/mol. The summed E-state index contributed by atoms with van der Waals surface area (Å²) < 4.78 is 13.2. The van der Waals surface area contributed by atoms with Crippen LogP contribution >= 0.6 is 0 Å². The number of para-hydroxylation sites is 1. The molecule has 1 N–H and O–H groups in total. The van der Waals surface area contributed by atoms with Crippen LogP contribution in [-0.4, -0.2) is 15.7 Å². The van der Waals surface area contributed by atoms with Gasteiger partial charge in [-0.3, -0.25) is 9.48 Å². The molecule has 0 unspecified atom stereocenters. The van der Waals surface area contributed by atoms with Gasteiger partial charge in [-0.15, -0.1) is 6.58 Å². The SMILES string of the molecule is C=CCc1ccccc1OCc1ccc(C(=O)NCc2cnn(CC)c2)o1. The van der Waals surface area contributed by atoms with Crippen LogP contribution in [0.5, 0.6) is 5.75 Å². The van der Waals surface area contributed by atoms with E-state index in [1.54, 1.807) is 18.3 Å². The van der Waals surface area contributed by atoms with Gasteiger partial charge < -0.3 is 14.5 Å². The van der Waals surface area contributed by atoms with E-state index in [0.717, 1.165) is 29.8 Å². The molecule has 0 aliphatic heterocycles. The number of rotatable bonds is 9. The normalized spacial score (nSPS) is 10.6. The number of amides is 1. The summed E-state index contributed by atoms with van der Waals surface area (Å²) >= 11 is 0. The lowest BCUT2D eigenvalue weighted by Crippen LogP contribution is -2.22. The van der Waals surface area contributed by atoms with Crippen molar-refractivity contribution in [2.45, 2.75) is 33.0 Å². The summed E-state index contributed by atoms with van der Waals surface area (Å²) in [6.45, 7) is 7.23. The van der Waals surface area contributed by atoms with Gasteiger partial charge in [0.2, 0.25) is 0 Å². The fourth-order valence-electron chi connectivity index (χ4n) is 2.64. The third-order valence-electron chi connectivity index (χ3n) is 4.06. The van der Waals surface area contributed by atoms with E-state index in [4.69, 9.17) is 9.15 Å². The predicted molar refractivity (Wildman–Crippen MR) is 102 cm³/mol. The van der Waals surface area contributed by atoms with E-state index in [-0.39, 0.29) is 18.3 Å². The summed E-state index contributed by atoms with van der Waals surface area (Å²) in [6, 6.07) is 11.2. The maximum absolute atomic E-state index is 12.2. The first-order chi connectivity index (χ1) is 13.2. The van der Waals surface area contributed by atoms with E-state index < -0.39 is 0 Å². The quantitative estimate of drug-likeness (QED) is 0.587. The average Bonchev–Trinajstić information content (AvgIpc) is 3.35. The van der Waals surface area contributed by atoms with Gasteiger partial charge in [0, 0.05) is 24.8 Å². The Morgan fingerprint density at radius 1 is 1.33 bits per heavy atom. The Kier molecular flexibility index (Phi) is 6.10. The first-order valence-electron chi connectivity index (χ1n) is 8.89. The standard InChI is InChI=1S/C21H23N3O3/c1-3-7-17-8-5-6-9-19(17)26-15-18-10-11-20(27-18)21(25)22-12-16-13-23-24(4-2)14-16/h3,5-6,8-11,13-14H,1,4,7,12,15H2,2H3,(H,22,25). The van der Waals surface area contributed by atoms with E-state index in [9.17, 15) is 4.79 Å². The summed E-state index contributed by atoms with van der Waals surface area (Å²) in [6.07, 6.45) is 6.21. The molecule has 0 spiro atoms. The van der Waals surface area contributed by atoms with Crippen LogP contribution in [0.15, 0.2) is 65.9 Å².